The largest absolute Gasteiger partial charge is 0.593 e. The summed E-state index contributed by atoms with van der Waals surface area (Å²) in [4.78, 5) is 9.70. The number of carbonyl (C=O) groups excluding carboxylic acids is 1. The van der Waals surface area contributed by atoms with Gasteiger partial charge in [0.1, 0.15) is 0 Å². The van der Waals surface area contributed by atoms with Gasteiger partial charge in [0.2, 0.25) is 0 Å². The summed E-state index contributed by atoms with van der Waals surface area (Å²) >= 11 is 0. The third-order valence-corrected chi connectivity index (χ3v) is 2.33. The van der Waals surface area contributed by atoms with Crippen LogP contribution in [0.3, 0.4) is 0 Å². The van der Waals surface area contributed by atoms with Crippen LogP contribution in [-0.2, 0) is 19.5 Å². The second kappa shape index (κ2) is 8.96. The van der Waals surface area contributed by atoms with Crippen LogP contribution in [0.25, 0.3) is 5.43 Å². The maximum Gasteiger partial charge on any atom is 0.284 e. The average Bonchev–Trinajstić information content (AvgIpc) is 2.40. The predicted molar refractivity (Wildman–Crippen MR) is 76.6 cm³/mol. The maximum absolute atomic E-state index is 9.70. The topological polar surface area (TPSA) is 102 Å². The van der Waals surface area contributed by atoms with Crippen molar-refractivity contribution in [2.75, 3.05) is 0 Å². The van der Waals surface area contributed by atoms with Crippen molar-refractivity contribution in [2.45, 2.75) is 0 Å². The Labute approximate surface area is 129 Å². The molecule has 0 aliphatic rings. The minimum atomic E-state index is -0.257. The fraction of sp³-hybridized carbons (Fsp3) is 0. The van der Waals surface area contributed by atoms with Gasteiger partial charge in [-0.05, 0) is 11.6 Å². The Morgan fingerprint density at radius 3 is 2.30 bits per heavy atom. The zero-order chi connectivity index (χ0) is 12.8. The third-order valence-electron chi connectivity index (χ3n) is 2.33. The van der Waals surface area contributed by atoms with E-state index in [0.717, 1.165) is 5.56 Å². The molecule has 2 aromatic carbocycles. The van der Waals surface area contributed by atoms with Crippen molar-refractivity contribution in [2.24, 2.45) is 5.10 Å². The van der Waals surface area contributed by atoms with Gasteiger partial charge in [-0.1, -0.05) is 42.5 Å². The van der Waals surface area contributed by atoms with Gasteiger partial charge >= 0.3 is 0 Å². The van der Waals surface area contributed by atoms with Gasteiger partial charge in [-0.2, -0.15) is 0 Å². The summed E-state index contributed by atoms with van der Waals surface area (Å²) in [5.74, 6) is -0.0403. The van der Waals surface area contributed by atoms with E-state index in [2.05, 4.69) is 10.5 Å². The van der Waals surface area contributed by atoms with Crippen molar-refractivity contribution in [1.82, 2.24) is 0 Å². The summed E-state index contributed by atoms with van der Waals surface area (Å²) in [7, 11) is 0. The van der Waals surface area contributed by atoms with E-state index in [9.17, 15) is 4.79 Å². The molecule has 0 aliphatic heterocycles. The summed E-state index contributed by atoms with van der Waals surface area (Å²) in [5, 5.41) is 11.4. The molecule has 20 heavy (non-hydrogen) atoms. The molecule has 0 saturated heterocycles. The molecule has 0 heterocycles. The van der Waals surface area contributed by atoms with E-state index in [1.54, 1.807) is 30.5 Å². The molecule has 2 aromatic rings. The average molecular weight is 325 g/mol. The SMILES string of the molecule is O.[OH+]=C([N-]/N=C/c1ccccc1)c1ccccc1[OH2+].[Zn]. The van der Waals surface area contributed by atoms with Crippen LogP contribution in [0.4, 0.5) is 0 Å². The van der Waals surface area contributed by atoms with E-state index >= 15 is 0 Å². The van der Waals surface area contributed by atoms with Gasteiger partial charge in [-0.15, -0.1) is 0 Å². The predicted octanol–water partition coefficient (Wildman–Crippen LogP) is 1.56. The smallest absolute Gasteiger partial charge is 0.284 e. The van der Waals surface area contributed by atoms with Crippen molar-refractivity contribution in [3.05, 3.63) is 71.1 Å². The quantitative estimate of drug-likeness (QED) is 0.354. The Morgan fingerprint density at radius 1 is 1.05 bits per heavy atom. The van der Waals surface area contributed by atoms with E-state index < -0.39 is 0 Å². The number of hydrogen-bond acceptors (Lipinski definition) is 1. The molecule has 0 aromatic heterocycles. The van der Waals surface area contributed by atoms with Gasteiger partial charge in [0, 0.05) is 31.8 Å². The van der Waals surface area contributed by atoms with E-state index in [1.165, 1.54) is 0 Å². The first-order chi connectivity index (χ1) is 8.77. The molecule has 0 bridgehead atoms. The molecule has 0 atom stereocenters. The van der Waals surface area contributed by atoms with Crippen molar-refractivity contribution in [3.8, 4) is 5.75 Å². The van der Waals surface area contributed by atoms with Crippen LogP contribution in [0.15, 0.2) is 59.7 Å². The molecule has 0 fully saturated rings. The molecule has 5 nitrogen and oxygen atoms in total. The Morgan fingerprint density at radius 2 is 1.65 bits per heavy atom. The van der Waals surface area contributed by atoms with Crippen LogP contribution in [0.1, 0.15) is 11.1 Å². The fourth-order valence-electron chi connectivity index (χ4n) is 1.42. The first-order valence-electron chi connectivity index (χ1n) is 5.43. The van der Waals surface area contributed by atoms with Crippen molar-refractivity contribution in [3.63, 3.8) is 0 Å². The summed E-state index contributed by atoms with van der Waals surface area (Å²) < 4.78 is 0. The van der Waals surface area contributed by atoms with Crippen LogP contribution in [-0.4, -0.2) is 27.5 Å². The molecule has 100 valence electrons. The van der Waals surface area contributed by atoms with E-state index in [0.29, 0.717) is 5.56 Å². The van der Waals surface area contributed by atoms with Crippen LogP contribution in [0.2, 0.25) is 0 Å². The molecule has 2 rings (SSSR count). The monoisotopic (exact) mass is 323 g/mol. The van der Waals surface area contributed by atoms with Crippen molar-refractivity contribution >= 4 is 12.1 Å². The number of benzene rings is 2. The van der Waals surface area contributed by atoms with E-state index in [-0.39, 0.29) is 36.6 Å². The molecule has 5 N–H and O–H groups in total. The molecular weight excluding hydrogens is 310 g/mol. The molecule has 6 heteroatoms. The van der Waals surface area contributed by atoms with Crippen molar-refractivity contribution in [1.29, 1.82) is 0 Å². The number of rotatable bonds is 3. The van der Waals surface area contributed by atoms with Gasteiger partial charge in [-0.3, -0.25) is 4.79 Å². The number of para-hydroxylation sites is 1. The summed E-state index contributed by atoms with van der Waals surface area (Å²) in [6.45, 7) is 0. The minimum absolute atomic E-state index is 0. The van der Waals surface area contributed by atoms with E-state index in [4.69, 9.17) is 5.11 Å². The maximum atomic E-state index is 9.70. The molecule has 1 amide bonds. The molecular formula is C14H15N2O3Zn+. The summed E-state index contributed by atoms with van der Waals surface area (Å²) in [5.41, 5.74) is 4.93. The van der Waals surface area contributed by atoms with Crippen LogP contribution < -0.4 is 0 Å². The second-order valence-electron chi connectivity index (χ2n) is 3.62. The Hall–Kier alpha value is -2.04. The Bertz CT molecular complexity index is 574. The van der Waals surface area contributed by atoms with Gasteiger partial charge < -0.3 is 21.1 Å². The molecule has 0 radical (unpaired) electrons. The van der Waals surface area contributed by atoms with E-state index in [1.807, 2.05) is 30.3 Å². The second-order valence-corrected chi connectivity index (χ2v) is 3.62. The zero-order valence-corrected chi connectivity index (χ0v) is 13.8. The number of hydrogen-bond donors (Lipinski definition) is 0. The van der Waals surface area contributed by atoms with Gasteiger partial charge in [0.15, 0.2) is 5.56 Å². The normalized spacial score (nSPS) is 9.40. The van der Waals surface area contributed by atoms with Gasteiger partial charge in [-0.25, -0.2) is 0 Å². The van der Waals surface area contributed by atoms with Crippen molar-refractivity contribution < 1.29 is 34.9 Å². The van der Waals surface area contributed by atoms with Crippen LogP contribution in [0.5, 0.6) is 5.75 Å². The zero-order valence-electron chi connectivity index (χ0n) is 10.8. The van der Waals surface area contributed by atoms with Crippen LogP contribution in [0, 0.1) is 0 Å². The standard InChI is InChI=1S/C14H12N2O2.H2O.Zn/c17-13-9-5-4-8-12(13)14(18)16-15-10-11-6-2-1-3-7-11;;/h1-10H,(H2,16,17,18);1H2;/p+1/b15-10+;;. The molecule has 0 spiro atoms. The third kappa shape index (κ3) is 4.92. The summed E-state index contributed by atoms with van der Waals surface area (Å²) in [6, 6.07) is 16.1. The van der Waals surface area contributed by atoms with Gasteiger partial charge in [0.05, 0.1) is 0 Å². The molecule has 0 aliphatic carbocycles. The number of nitrogens with zero attached hydrogens (tertiary/aromatic N) is 2. The number of amides is 1. The first kappa shape index (κ1) is 18.0. The minimum Gasteiger partial charge on any atom is -0.593 e. The fourth-order valence-corrected chi connectivity index (χ4v) is 1.42. The van der Waals surface area contributed by atoms with Gasteiger partial charge in [0.25, 0.3) is 11.7 Å². The Balaban J connectivity index is 0.00000180. The molecule has 0 saturated carbocycles. The molecule has 0 unspecified atom stereocenters. The Kier molecular flexibility index (Phi) is 8.05. The van der Waals surface area contributed by atoms with Crippen LogP contribution >= 0.6 is 0 Å². The summed E-state index contributed by atoms with van der Waals surface area (Å²) in [6.07, 6.45) is 1.54. The first-order valence-corrected chi connectivity index (χ1v) is 5.43.